The molecule has 0 saturated carbocycles. The number of carbonyl (C=O) groups is 2. The van der Waals surface area contributed by atoms with Gasteiger partial charge < -0.3 is 15.2 Å². The van der Waals surface area contributed by atoms with E-state index in [1.807, 2.05) is 13.0 Å². The average Bonchev–Trinajstić information content (AvgIpc) is 2.89. The van der Waals surface area contributed by atoms with Gasteiger partial charge in [-0.25, -0.2) is 4.79 Å². The summed E-state index contributed by atoms with van der Waals surface area (Å²) in [5.41, 5.74) is 0.892. The minimum Gasteiger partial charge on any atom is -0.479 e. The number of aliphatic carboxylic acids is 1. The normalized spacial score (nSPS) is 23.8. The maximum Gasteiger partial charge on any atom is 0.332 e. The van der Waals surface area contributed by atoms with Crippen molar-refractivity contribution >= 4 is 11.9 Å². The molecule has 2 heterocycles. The Morgan fingerprint density at radius 3 is 2.79 bits per heavy atom. The van der Waals surface area contributed by atoms with E-state index in [2.05, 4.69) is 10.3 Å². The summed E-state index contributed by atoms with van der Waals surface area (Å²) in [6, 6.07) is 3.48. The Morgan fingerprint density at radius 2 is 2.21 bits per heavy atom. The minimum atomic E-state index is -1.02. The molecule has 1 aliphatic rings. The lowest BCUT2D eigenvalue weighted by molar-refractivity contribution is -0.151. The molecule has 2 rings (SSSR count). The smallest absolute Gasteiger partial charge is 0.332 e. The summed E-state index contributed by atoms with van der Waals surface area (Å²) in [5.74, 6) is -1.30. The third-order valence-corrected chi connectivity index (χ3v) is 3.13. The van der Waals surface area contributed by atoms with Crippen molar-refractivity contribution < 1.29 is 19.4 Å². The topological polar surface area (TPSA) is 88.5 Å². The van der Waals surface area contributed by atoms with Crippen LogP contribution in [0.5, 0.6) is 0 Å². The molecule has 0 aromatic carbocycles. The van der Waals surface area contributed by atoms with Crippen LogP contribution in [-0.4, -0.2) is 34.2 Å². The lowest BCUT2D eigenvalue weighted by atomic mass is 10.1. The Labute approximate surface area is 110 Å². The van der Waals surface area contributed by atoms with Crippen molar-refractivity contribution in [3.63, 3.8) is 0 Å². The number of rotatable bonds is 4. The van der Waals surface area contributed by atoms with Crippen LogP contribution < -0.4 is 5.32 Å². The van der Waals surface area contributed by atoms with Crippen LogP contribution in [0.15, 0.2) is 24.5 Å². The minimum absolute atomic E-state index is 0.186. The molecule has 0 bridgehead atoms. The summed E-state index contributed by atoms with van der Waals surface area (Å²) < 4.78 is 5.19. The maximum atomic E-state index is 11.9. The summed E-state index contributed by atoms with van der Waals surface area (Å²) >= 11 is 0. The van der Waals surface area contributed by atoms with Crippen LogP contribution in [0.25, 0.3) is 0 Å². The van der Waals surface area contributed by atoms with Crippen LogP contribution in [0.4, 0.5) is 0 Å². The van der Waals surface area contributed by atoms with E-state index in [1.54, 1.807) is 18.5 Å². The molecule has 0 aliphatic carbocycles. The van der Waals surface area contributed by atoms with Gasteiger partial charge in [-0.2, -0.15) is 0 Å². The zero-order chi connectivity index (χ0) is 13.8. The van der Waals surface area contributed by atoms with Crippen molar-refractivity contribution in [1.82, 2.24) is 10.3 Å². The first kappa shape index (κ1) is 13.5. The molecular weight excluding hydrogens is 248 g/mol. The molecule has 1 aromatic heterocycles. The molecule has 19 heavy (non-hydrogen) atoms. The van der Waals surface area contributed by atoms with Gasteiger partial charge in [0.1, 0.15) is 6.10 Å². The first-order valence-electron chi connectivity index (χ1n) is 6.16. The van der Waals surface area contributed by atoms with E-state index in [-0.39, 0.29) is 11.9 Å². The lowest BCUT2D eigenvalue weighted by Gasteiger charge is -2.17. The fourth-order valence-electron chi connectivity index (χ4n) is 2.03. The second kappa shape index (κ2) is 5.79. The first-order chi connectivity index (χ1) is 9.08. The largest absolute Gasteiger partial charge is 0.479 e. The van der Waals surface area contributed by atoms with Crippen molar-refractivity contribution in [2.75, 3.05) is 0 Å². The van der Waals surface area contributed by atoms with Gasteiger partial charge in [0, 0.05) is 12.4 Å². The third kappa shape index (κ3) is 3.29. The van der Waals surface area contributed by atoms with Gasteiger partial charge in [-0.05, 0) is 31.4 Å². The van der Waals surface area contributed by atoms with E-state index in [0.29, 0.717) is 12.8 Å². The van der Waals surface area contributed by atoms with Gasteiger partial charge in [0.2, 0.25) is 5.91 Å². The highest BCUT2D eigenvalue weighted by molar-refractivity contribution is 5.82. The number of pyridine rings is 1. The third-order valence-electron chi connectivity index (χ3n) is 3.13. The molecule has 6 heteroatoms. The highest BCUT2D eigenvalue weighted by atomic mass is 16.5. The summed E-state index contributed by atoms with van der Waals surface area (Å²) in [4.78, 5) is 26.7. The molecule has 2 N–H and O–H groups in total. The number of nitrogens with one attached hydrogen (secondary N) is 1. The maximum absolute atomic E-state index is 11.9. The zero-order valence-electron chi connectivity index (χ0n) is 10.6. The molecule has 1 fully saturated rings. The molecule has 102 valence electrons. The van der Waals surface area contributed by atoms with Crippen LogP contribution in [-0.2, 0) is 14.3 Å². The van der Waals surface area contributed by atoms with Gasteiger partial charge in [-0.3, -0.25) is 9.78 Å². The number of aromatic nitrogens is 1. The molecular formula is C13H16N2O4. The van der Waals surface area contributed by atoms with Crippen molar-refractivity contribution in [1.29, 1.82) is 0 Å². The van der Waals surface area contributed by atoms with Crippen LogP contribution in [0.1, 0.15) is 31.4 Å². The molecule has 3 atom stereocenters. The average molecular weight is 264 g/mol. The molecule has 6 nitrogen and oxygen atoms in total. The Balaban J connectivity index is 1.90. The van der Waals surface area contributed by atoms with Gasteiger partial charge in [0.25, 0.3) is 0 Å². The summed E-state index contributed by atoms with van der Waals surface area (Å²) in [6.45, 7) is 1.85. The van der Waals surface area contributed by atoms with E-state index >= 15 is 0 Å². The van der Waals surface area contributed by atoms with Crippen molar-refractivity contribution in [3.8, 4) is 0 Å². The Bertz CT molecular complexity index is 463. The van der Waals surface area contributed by atoms with Gasteiger partial charge >= 0.3 is 5.97 Å². The quantitative estimate of drug-likeness (QED) is 0.843. The Hall–Kier alpha value is -1.95. The number of hydrogen-bond acceptors (Lipinski definition) is 4. The van der Waals surface area contributed by atoms with Gasteiger partial charge in [-0.1, -0.05) is 6.07 Å². The van der Waals surface area contributed by atoms with Gasteiger partial charge in [0.15, 0.2) is 6.10 Å². The summed E-state index contributed by atoms with van der Waals surface area (Å²) in [6.07, 6.45) is 2.59. The zero-order valence-corrected chi connectivity index (χ0v) is 10.6. The second-order valence-corrected chi connectivity index (χ2v) is 4.55. The number of carbonyl (C=O) groups excluding carboxylic acids is 1. The van der Waals surface area contributed by atoms with E-state index in [4.69, 9.17) is 9.84 Å². The molecule has 1 amide bonds. The molecule has 0 unspecified atom stereocenters. The SMILES string of the molecule is C[C@@H](NC(=O)[C@@H]1CC[C@H](C(=O)O)O1)c1cccnc1. The standard InChI is InChI=1S/C13H16N2O4/c1-8(9-3-2-6-14-7-9)15-12(16)10-4-5-11(19-10)13(17)18/h2-3,6-8,10-11H,4-5H2,1H3,(H,15,16)(H,17,18)/t8-,10+,11-/m1/s1. The molecule has 1 aromatic rings. The van der Waals surface area contributed by atoms with Gasteiger partial charge in [0.05, 0.1) is 6.04 Å². The van der Waals surface area contributed by atoms with Crippen molar-refractivity contribution in [2.45, 2.75) is 38.0 Å². The Morgan fingerprint density at radius 1 is 1.47 bits per heavy atom. The van der Waals surface area contributed by atoms with E-state index in [9.17, 15) is 9.59 Å². The van der Waals surface area contributed by atoms with Gasteiger partial charge in [-0.15, -0.1) is 0 Å². The fourth-order valence-corrected chi connectivity index (χ4v) is 2.03. The predicted molar refractivity (Wildman–Crippen MR) is 66.3 cm³/mol. The highest BCUT2D eigenvalue weighted by Crippen LogP contribution is 2.21. The fraction of sp³-hybridized carbons (Fsp3) is 0.462. The summed E-state index contributed by atoms with van der Waals surface area (Å²) in [5, 5.41) is 11.6. The van der Waals surface area contributed by atoms with Crippen LogP contribution >= 0.6 is 0 Å². The van der Waals surface area contributed by atoms with Crippen LogP contribution in [0.3, 0.4) is 0 Å². The van der Waals surface area contributed by atoms with E-state index < -0.39 is 18.2 Å². The number of amides is 1. The van der Waals surface area contributed by atoms with E-state index in [0.717, 1.165) is 5.56 Å². The number of ether oxygens (including phenoxy) is 1. The lowest BCUT2D eigenvalue weighted by Crippen LogP contribution is -2.37. The van der Waals surface area contributed by atoms with E-state index in [1.165, 1.54) is 0 Å². The number of nitrogens with zero attached hydrogens (tertiary/aromatic N) is 1. The molecule has 1 saturated heterocycles. The monoisotopic (exact) mass is 264 g/mol. The first-order valence-corrected chi connectivity index (χ1v) is 6.16. The predicted octanol–water partition coefficient (Wildman–Crippen LogP) is 0.891. The Kier molecular flexibility index (Phi) is 4.11. The van der Waals surface area contributed by atoms with Crippen molar-refractivity contribution in [3.05, 3.63) is 30.1 Å². The summed E-state index contributed by atoms with van der Waals surface area (Å²) in [7, 11) is 0. The molecule has 0 radical (unpaired) electrons. The van der Waals surface area contributed by atoms with Crippen molar-refractivity contribution in [2.24, 2.45) is 0 Å². The molecule has 0 spiro atoms. The van der Waals surface area contributed by atoms with Crippen LogP contribution in [0, 0.1) is 0 Å². The molecule has 1 aliphatic heterocycles. The number of hydrogen-bond donors (Lipinski definition) is 2. The second-order valence-electron chi connectivity index (χ2n) is 4.55. The number of carboxylic acid groups (broad SMARTS) is 1. The number of carboxylic acids is 1. The van der Waals surface area contributed by atoms with Crippen LogP contribution in [0.2, 0.25) is 0 Å². The highest BCUT2D eigenvalue weighted by Gasteiger charge is 2.35.